The zero-order valence-electron chi connectivity index (χ0n) is 16.7. The second-order valence-corrected chi connectivity index (χ2v) is 10.3. The van der Waals surface area contributed by atoms with E-state index in [4.69, 9.17) is 4.74 Å². The fourth-order valence-corrected chi connectivity index (χ4v) is 7.81. The van der Waals surface area contributed by atoms with Crippen LogP contribution < -0.4 is 0 Å². The Kier molecular flexibility index (Phi) is 5.01. The monoisotopic (exact) mass is 416 g/mol. The van der Waals surface area contributed by atoms with E-state index in [9.17, 15) is 17.6 Å². The van der Waals surface area contributed by atoms with Gasteiger partial charge >= 0.3 is 5.97 Å². The highest BCUT2D eigenvalue weighted by molar-refractivity contribution is 7.92. The summed E-state index contributed by atoms with van der Waals surface area (Å²) in [5.41, 5.74) is 2.89. The maximum atomic E-state index is 14.0. The van der Waals surface area contributed by atoms with Crippen LogP contribution >= 0.6 is 0 Å². The van der Waals surface area contributed by atoms with Gasteiger partial charge in [0.25, 0.3) is 0 Å². The van der Waals surface area contributed by atoms with Crippen LogP contribution in [0.3, 0.4) is 0 Å². The van der Waals surface area contributed by atoms with Crippen LogP contribution in [0.5, 0.6) is 0 Å². The van der Waals surface area contributed by atoms with Crippen LogP contribution in [-0.4, -0.2) is 21.0 Å². The first kappa shape index (κ1) is 20.1. The van der Waals surface area contributed by atoms with Gasteiger partial charge in [0.15, 0.2) is 9.84 Å². The van der Waals surface area contributed by atoms with Crippen LogP contribution in [0.1, 0.15) is 42.9 Å². The Labute approximate surface area is 171 Å². The van der Waals surface area contributed by atoms with E-state index in [0.717, 1.165) is 23.1 Å². The predicted molar refractivity (Wildman–Crippen MR) is 108 cm³/mol. The zero-order valence-corrected chi connectivity index (χ0v) is 17.5. The molecule has 4 rings (SSSR count). The van der Waals surface area contributed by atoms with E-state index in [-0.39, 0.29) is 23.4 Å². The molecule has 0 unspecified atom stereocenters. The fourth-order valence-electron chi connectivity index (χ4n) is 5.34. The van der Waals surface area contributed by atoms with Gasteiger partial charge < -0.3 is 4.74 Å². The Balaban J connectivity index is 1.92. The average molecular weight is 417 g/mol. The van der Waals surface area contributed by atoms with Crippen LogP contribution in [0.25, 0.3) is 0 Å². The molecule has 2 aromatic carbocycles. The molecule has 6 heteroatoms. The number of ether oxygens (including phenoxy) is 1. The number of sulfone groups is 1. The number of hydrogen-bond acceptors (Lipinski definition) is 4. The second kappa shape index (κ2) is 7.24. The topological polar surface area (TPSA) is 60.4 Å². The average Bonchev–Trinajstić information content (AvgIpc) is 3.10. The summed E-state index contributed by atoms with van der Waals surface area (Å²) < 4.78 is 45.6. The number of esters is 1. The van der Waals surface area contributed by atoms with Crippen LogP contribution in [0.4, 0.5) is 4.39 Å². The minimum atomic E-state index is -3.86. The Morgan fingerprint density at radius 3 is 2.59 bits per heavy atom. The van der Waals surface area contributed by atoms with Crippen molar-refractivity contribution in [2.75, 3.05) is 6.61 Å². The molecule has 3 atom stereocenters. The SMILES string of the molecule is CCOC(=O)[C@@H]1CC[C@]2(S(=O)(=O)c3ccc(F)cc3)c3ccc(C)cc3CC[C@H]12. The van der Waals surface area contributed by atoms with Gasteiger partial charge in [0.05, 0.1) is 17.4 Å². The van der Waals surface area contributed by atoms with Crippen LogP contribution in [-0.2, 0) is 30.5 Å². The normalized spacial score (nSPS) is 25.9. The van der Waals surface area contributed by atoms with Gasteiger partial charge in [0, 0.05) is 0 Å². The molecule has 29 heavy (non-hydrogen) atoms. The van der Waals surface area contributed by atoms with Crippen molar-refractivity contribution in [3.05, 3.63) is 65.0 Å². The summed E-state index contributed by atoms with van der Waals surface area (Å²) in [5, 5.41) is 0. The molecule has 0 radical (unpaired) electrons. The molecule has 2 aliphatic rings. The van der Waals surface area contributed by atoms with Crippen LogP contribution in [0, 0.1) is 24.6 Å². The van der Waals surface area contributed by atoms with Gasteiger partial charge in [-0.1, -0.05) is 23.8 Å². The number of aryl methyl sites for hydroxylation is 2. The zero-order chi connectivity index (χ0) is 20.8. The highest BCUT2D eigenvalue weighted by Crippen LogP contribution is 2.59. The highest BCUT2D eigenvalue weighted by atomic mass is 32.2. The van der Waals surface area contributed by atoms with Gasteiger partial charge in [-0.3, -0.25) is 4.79 Å². The summed E-state index contributed by atoms with van der Waals surface area (Å²) in [6.07, 6.45) is 2.17. The first-order valence-electron chi connectivity index (χ1n) is 10.1. The van der Waals surface area contributed by atoms with Gasteiger partial charge in [0.2, 0.25) is 0 Å². The van der Waals surface area contributed by atoms with E-state index in [0.29, 0.717) is 19.3 Å². The van der Waals surface area contributed by atoms with E-state index in [1.807, 2.05) is 25.1 Å². The number of fused-ring (bicyclic) bond motifs is 3. The van der Waals surface area contributed by atoms with E-state index >= 15 is 0 Å². The molecule has 0 bridgehead atoms. The molecule has 2 aromatic rings. The van der Waals surface area contributed by atoms with Crippen molar-refractivity contribution in [1.29, 1.82) is 0 Å². The van der Waals surface area contributed by atoms with Crippen molar-refractivity contribution >= 4 is 15.8 Å². The number of carbonyl (C=O) groups is 1. The van der Waals surface area contributed by atoms with E-state index in [1.165, 1.54) is 24.3 Å². The first-order valence-corrected chi connectivity index (χ1v) is 11.6. The smallest absolute Gasteiger partial charge is 0.309 e. The summed E-state index contributed by atoms with van der Waals surface area (Å²) in [6.45, 7) is 4.02. The quantitative estimate of drug-likeness (QED) is 0.550. The molecular formula is C23H25FO4S. The van der Waals surface area contributed by atoms with E-state index in [1.54, 1.807) is 6.92 Å². The van der Waals surface area contributed by atoms with Crippen molar-refractivity contribution in [1.82, 2.24) is 0 Å². The summed E-state index contributed by atoms with van der Waals surface area (Å²) in [7, 11) is -3.86. The maximum Gasteiger partial charge on any atom is 0.309 e. The summed E-state index contributed by atoms with van der Waals surface area (Å²) >= 11 is 0. The molecule has 0 aliphatic heterocycles. The van der Waals surface area contributed by atoms with Crippen LogP contribution in [0.15, 0.2) is 47.4 Å². The molecule has 0 spiro atoms. The minimum absolute atomic E-state index is 0.0989. The van der Waals surface area contributed by atoms with Crippen molar-refractivity contribution < 1.29 is 22.3 Å². The molecule has 0 aromatic heterocycles. The third kappa shape index (κ3) is 3.00. The van der Waals surface area contributed by atoms with Crippen molar-refractivity contribution in [2.24, 2.45) is 11.8 Å². The fraction of sp³-hybridized carbons (Fsp3) is 0.435. The lowest BCUT2D eigenvalue weighted by atomic mass is 9.73. The molecule has 0 N–H and O–H groups in total. The lowest BCUT2D eigenvalue weighted by Gasteiger charge is -2.42. The van der Waals surface area contributed by atoms with Crippen molar-refractivity contribution in [3.63, 3.8) is 0 Å². The Morgan fingerprint density at radius 2 is 1.90 bits per heavy atom. The van der Waals surface area contributed by atoms with Gasteiger partial charge in [-0.15, -0.1) is 0 Å². The molecule has 0 amide bonds. The van der Waals surface area contributed by atoms with E-state index < -0.39 is 26.3 Å². The summed E-state index contributed by atoms with van der Waals surface area (Å²) in [4.78, 5) is 12.7. The lowest BCUT2D eigenvalue weighted by molar-refractivity contribution is -0.149. The first-order chi connectivity index (χ1) is 13.8. The number of halogens is 1. The molecular weight excluding hydrogens is 391 g/mol. The Bertz CT molecular complexity index is 1050. The molecule has 1 saturated carbocycles. The molecule has 2 aliphatic carbocycles. The van der Waals surface area contributed by atoms with Gasteiger partial charge in [-0.25, -0.2) is 12.8 Å². The second-order valence-electron chi connectivity index (χ2n) is 8.05. The lowest BCUT2D eigenvalue weighted by Crippen LogP contribution is -2.45. The van der Waals surface area contributed by atoms with E-state index in [2.05, 4.69) is 0 Å². The molecule has 154 valence electrons. The van der Waals surface area contributed by atoms with Gasteiger partial charge in [0.1, 0.15) is 10.6 Å². The Morgan fingerprint density at radius 1 is 1.17 bits per heavy atom. The number of rotatable bonds is 4. The highest BCUT2D eigenvalue weighted by Gasteiger charge is 2.61. The molecule has 0 saturated heterocycles. The summed E-state index contributed by atoms with van der Waals surface area (Å²) in [5.74, 6) is -1.59. The molecule has 1 fully saturated rings. The third-order valence-electron chi connectivity index (χ3n) is 6.55. The predicted octanol–water partition coefficient (Wildman–Crippen LogP) is 4.34. The van der Waals surface area contributed by atoms with Gasteiger partial charge in [-0.2, -0.15) is 0 Å². The van der Waals surface area contributed by atoms with Gasteiger partial charge in [-0.05, 0) is 80.8 Å². The number of benzene rings is 2. The summed E-state index contributed by atoms with van der Waals surface area (Å²) in [6, 6.07) is 10.9. The Hall–Kier alpha value is -2.21. The number of carbonyl (C=O) groups excluding carboxylic acids is 1. The maximum absolute atomic E-state index is 14.0. The molecule has 0 heterocycles. The standard InChI is InChI=1S/C23H25FO4S/c1-3-28-22(25)19-12-13-23(29(26,27)18-8-6-17(24)7-9-18)20-10-4-15(2)14-16(20)5-11-21(19)23/h4,6-10,14,19,21H,3,5,11-13H2,1-2H3/t19-,21-,23+/m1/s1. The molecule has 4 nitrogen and oxygen atoms in total. The van der Waals surface area contributed by atoms with Crippen molar-refractivity contribution in [3.8, 4) is 0 Å². The van der Waals surface area contributed by atoms with Crippen LogP contribution in [0.2, 0.25) is 0 Å². The third-order valence-corrected chi connectivity index (χ3v) is 9.12. The van der Waals surface area contributed by atoms with Crippen molar-refractivity contribution in [2.45, 2.75) is 49.2 Å². The largest absolute Gasteiger partial charge is 0.466 e. The number of hydrogen-bond donors (Lipinski definition) is 0. The minimum Gasteiger partial charge on any atom is -0.466 e.